The Bertz CT molecular complexity index is 2740. The van der Waals surface area contributed by atoms with Crippen LogP contribution in [0.25, 0.3) is 38.6 Å². The molecule has 0 aliphatic heterocycles. The van der Waals surface area contributed by atoms with Crippen LogP contribution in [0.4, 0.5) is 11.4 Å². The highest BCUT2D eigenvalue weighted by molar-refractivity contribution is 6.10. The van der Waals surface area contributed by atoms with Gasteiger partial charge < -0.3 is 4.90 Å². The van der Waals surface area contributed by atoms with Crippen molar-refractivity contribution in [3.8, 4) is 22.3 Å². The molecular formula is C57H55N. The van der Waals surface area contributed by atoms with Gasteiger partial charge in [0.25, 0.3) is 0 Å². The SMILES string of the molecule is CCCC1=C(c2ccccc2C)C=C(N(c2ccc(C)c(-c3ccccc3C)c2)c2cc3c(c4ccccc24)-c2ccc(C)cc2C3(CCC)c2ccccc2)CC1. The molecule has 2 aliphatic carbocycles. The molecule has 1 unspecified atom stereocenters. The van der Waals surface area contributed by atoms with Crippen LogP contribution in [0.15, 0.2) is 163 Å². The van der Waals surface area contributed by atoms with Crippen LogP contribution in [0, 0.1) is 27.7 Å². The minimum Gasteiger partial charge on any atom is -0.314 e. The van der Waals surface area contributed by atoms with Crippen molar-refractivity contribution in [1.82, 2.24) is 0 Å². The number of aryl methyl sites for hydroxylation is 4. The summed E-state index contributed by atoms with van der Waals surface area (Å²) in [6.45, 7) is 13.7. The summed E-state index contributed by atoms with van der Waals surface area (Å²) in [6.07, 6.45) is 8.94. The second kappa shape index (κ2) is 15.4. The van der Waals surface area contributed by atoms with Crippen molar-refractivity contribution in [2.45, 2.75) is 85.5 Å². The predicted molar refractivity (Wildman–Crippen MR) is 249 cm³/mol. The lowest BCUT2D eigenvalue weighted by Crippen LogP contribution is -2.27. The first kappa shape index (κ1) is 37.6. The third kappa shape index (κ3) is 6.24. The van der Waals surface area contributed by atoms with Crippen molar-refractivity contribution in [2.75, 3.05) is 4.90 Å². The molecule has 0 bridgehead atoms. The first-order chi connectivity index (χ1) is 28.3. The van der Waals surface area contributed by atoms with Crippen molar-refractivity contribution in [1.29, 1.82) is 0 Å². The van der Waals surface area contributed by atoms with Crippen LogP contribution in [0.5, 0.6) is 0 Å². The highest BCUT2D eigenvalue weighted by Crippen LogP contribution is 2.59. The van der Waals surface area contributed by atoms with E-state index in [1.807, 2.05) is 0 Å². The Morgan fingerprint density at radius 1 is 0.534 bits per heavy atom. The van der Waals surface area contributed by atoms with Crippen LogP contribution >= 0.6 is 0 Å². The summed E-state index contributed by atoms with van der Waals surface area (Å²) in [5, 5.41) is 2.61. The number of benzene rings is 7. The molecule has 1 heteroatoms. The van der Waals surface area contributed by atoms with E-state index in [-0.39, 0.29) is 5.41 Å². The summed E-state index contributed by atoms with van der Waals surface area (Å²) in [6, 6.07) is 55.4. The molecule has 0 heterocycles. The van der Waals surface area contributed by atoms with E-state index in [0.29, 0.717) is 0 Å². The van der Waals surface area contributed by atoms with Crippen molar-refractivity contribution < 1.29 is 0 Å². The largest absolute Gasteiger partial charge is 0.314 e. The molecule has 58 heavy (non-hydrogen) atoms. The molecule has 1 atom stereocenters. The van der Waals surface area contributed by atoms with E-state index in [2.05, 4.69) is 198 Å². The Kier molecular flexibility index (Phi) is 10.0. The average Bonchev–Trinajstić information content (AvgIpc) is 3.52. The van der Waals surface area contributed by atoms with Crippen LogP contribution < -0.4 is 4.90 Å². The van der Waals surface area contributed by atoms with Crippen LogP contribution in [-0.4, -0.2) is 0 Å². The molecule has 0 amide bonds. The Morgan fingerprint density at radius 3 is 1.93 bits per heavy atom. The minimum atomic E-state index is -0.280. The van der Waals surface area contributed by atoms with E-state index in [0.717, 1.165) is 38.5 Å². The van der Waals surface area contributed by atoms with Gasteiger partial charge in [-0.25, -0.2) is 0 Å². The molecule has 0 radical (unpaired) electrons. The van der Waals surface area contributed by atoms with Gasteiger partial charge in [-0.05, 0) is 150 Å². The normalized spacial score (nSPS) is 16.0. The van der Waals surface area contributed by atoms with Gasteiger partial charge in [-0.1, -0.05) is 165 Å². The van der Waals surface area contributed by atoms with E-state index < -0.39 is 0 Å². The summed E-state index contributed by atoms with van der Waals surface area (Å²) >= 11 is 0. The zero-order valence-electron chi connectivity index (χ0n) is 35.1. The van der Waals surface area contributed by atoms with Crippen LogP contribution in [0.2, 0.25) is 0 Å². The fraction of sp³-hybridized carbons (Fsp3) is 0.228. The van der Waals surface area contributed by atoms with E-state index in [1.54, 1.807) is 5.57 Å². The topological polar surface area (TPSA) is 3.24 Å². The van der Waals surface area contributed by atoms with Gasteiger partial charge in [0, 0.05) is 22.2 Å². The maximum Gasteiger partial charge on any atom is 0.0540 e. The number of rotatable bonds is 10. The summed E-state index contributed by atoms with van der Waals surface area (Å²) in [7, 11) is 0. The number of anilines is 2. The van der Waals surface area contributed by atoms with Gasteiger partial charge in [0.05, 0.1) is 5.69 Å². The lowest BCUT2D eigenvalue weighted by Gasteiger charge is -2.36. The van der Waals surface area contributed by atoms with Gasteiger partial charge in [-0.2, -0.15) is 0 Å². The first-order valence-corrected chi connectivity index (χ1v) is 21.5. The highest BCUT2D eigenvalue weighted by Gasteiger charge is 2.45. The lowest BCUT2D eigenvalue weighted by atomic mass is 9.69. The number of hydrogen-bond acceptors (Lipinski definition) is 1. The maximum atomic E-state index is 2.65. The van der Waals surface area contributed by atoms with Crippen molar-refractivity contribution in [3.05, 3.63) is 207 Å². The van der Waals surface area contributed by atoms with E-state index >= 15 is 0 Å². The molecule has 0 N–H and O–H groups in total. The van der Waals surface area contributed by atoms with E-state index in [1.165, 1.54) is 100 Å². The van der Waals surface area contributed by atoms with Crippen LogP contribution in [0.1, 0.15) is 96.9 Å². The minimum absolute atomic E-state index is 0.280. The van der Waals surface area contributed by atoms with Crippen molar-refractivity contribution in [2.24, 2.45) is 0 Å². The van der Waals surface area contributed by atoms with Crippen molar-refractivity contribution in [3.63, 3.8) is 0 Å². The fourth-order valence-electron chi connectivity index (χ4n) is 10.4. The molecule has 0 saturated carbocycles. The maximum absolute atomic E-state index is 2.65. The number of allylic oxidation sites excluding steroid dienone is 4. The highest BCUT2D eigenvalue weighted by atomic mass is 15.2. The van der Waals surface area contributed by atoms with Crippen LogP contribution in [0.3, 0.4) is 0 Å². The van der Waals surface area contributed by atoms with E-state index in [4.69, 9.17) is 0 Å². The van der Waals surface area contributed by atoms with Gasteiger partial charge in [0.2, 0.25) is 0 Å². The molecule has 7 aromatic rings. The number of fused-ring (bicyclic) bond motifs is 5. The molecule has 0 fully saturated rings. The Morgan fingerprint density at radius 2 is 1.21 bits per heavy atom. The summed E-state index contributed by atoms with van der Waals surface area (Å²) in [5.74, 6) is 0. The predicted octanol–water partition coefficient (Wildman–Crippen LogP) is 15.9. The average molecular weight is 754 g/mol. The summed E-state index contributed by atoms with van der Waals surface area (Å²) in [4.78, 5) is 2.65. The van der Waals surface area contributed by atoms with Crippen LogP contribution in [-0.2, 0) is 5.41 Å². The second-order valence-corrected chi connectivity index (χ2v) is 16.8. The zero-order chi connectivity index (χ0) is 40.0. The fourth-order valence-corrected chi connectivity index (χ4v) is 10.4. The quantitative estimate of drug-likeness (QED) is 0.134. The molecule has 1 nitrogen and oxygen atoms in total. The molecular weight excluding hydrogens is 699 g/mol. The monoisotopic (exact) mass is 753 g/mol. The third-order valence-corrected chi connectivity index (χ3v) is 13.1. The summed E-state index contributed by atoms with van der Waals surface area (Å²) < 4.78 is 0. The Balaban J connectivity index is 1.39. The molecule has 0 spiro atoms. The standard InChI is InChI=1S/C57H55N/c1-7-18-42-29-31-45(36-52(42)47-24-15-13-20-40(47)5)58(44-30-28-41(6)51(35-44)46-23-14-12-19-39(46)4)55-37-54-56(49-26-17-16-25-48(49)55)50-32-27-38(3)34-53(50)57(54,33-8-2)43-21-10-9-11-22-43/h9-17,19-28,30,32,34-37H,7-8,18,29,31,33H2,1-6H3. The lowest BCUT2D eigenvalue weighted by molar-refractivity contribution is 0.562. The van der Waals surface area contributed by atoms with Gasteiger partial charge in [0.15, 0.2) is 0 Å². The third-order valence-electron chi connectivity index (χ3n) is 13.1. The van der Waals surface area contributed by atoms with Gasteiger partial charge >= 0.3 is 0 Å². The summed E-state index contributed by atoms with van der Waals surface area (Å²) in [5.41, 5.74) is 22.6. The number of nitrogens with zero attached hydrogens (tertiary/aromatic N) is 1. The van der Waals surface area contributed by atoms with Gasteiger partial charge in [0.1, 0.15) is 0 Å². The molecule has 0 aromatic heterocycles. The van der Waals surface area contributed by atoms with E-state index in [9.17, 15) is 0 Å². The molecule has 2 aliphatic rings. The second-order valence-electron chi connectivity index (χ2n) is 16.8. The molecule has 7 aromatic carbocycles. The molecule has 9 rings (SSSR count). The zero-order valence-corrected chi connectivity index (χ0v) is 35.1. The first-order valence-electron chi connectivity index (χ1n) is 21.5. The van der Waals surface area contributed by atoms with Gasteiger partial charge in [-0.3, -0.25) is 0 Å². The molecule has 0 saturated heterocycles. The van der Waals surface area contributed by atoms with Gasteiger partial charge in [-0.15, -0.1) is 0 Å². The Hall–Kier alpha value is -5.92. The number of hydrogen-bond donors (Lipinski definition) is 0. The molecule has 288 valence electrons. The van der Waals surface area contributed by atoms with Crippen molar-refractivity contribution >= 4 is 27.7 Å². The Labute approximate surface area is 346 Å². The smallest absolute Gasteiger partial charge is 0.0540 e.